The van der Waals surface area contributed by atoms with E-state index in [1.165, 1.54) is 0 Å². The number of fused-ring (bicyclic) bond motifs is 1. The number of amides is 1. The van der Waals surface area contributed by atoms with Crippen molar-refractivity contribution in [3.63, 3.8) is 0 Å². The van der Waals surface area contributed by atoms with E-state index in [-0.39, 0.29) is 23.8 Å². The zero-order chi connectivity index (χ0) is 19.6. The van der Waals surface area contributed by atoms with Crippen molar-refractivity contribution in [2.45, 2.75) is 32.1 Å². The molecule has 0 saturated carbocycles. The van der Waals surface area contributed by atoms with Crippen molar-refractivity contribution in [2.24, 2.45) is 0 Å². The fraction of sp³-hybridized carbons (Fsp3) is 0.263. The largest absolute Gasteiger partial charge is 0.326 e. The number of anilines is 1. The van der Waals surface area contributed by atoms with Crippen LogP contribution in [-0.2, 0) is 14.8 Å². The first-order chi connectivity index (χ1) is 12.8. The molecule has 7 nitrogen and oxygen atoms in total. The first kappa shape index (κ1) is 19.1. The minimum atomic E-state index is -3.67. The molecule has 1 aromatic heterocycles. The van der Waals surface area contributed by atoms with E-state index < -0.39 is 10.0 Å². The molecule has 0 bridgehead atoms. The van der Waals surface area contributed by atoms with Gasteiger partial charge in [-0.2, -0.15) is 5.10 Å². The van der Waals surface area contributed by atoms with Crippen LogP contribution in [0.3, 0.4) is 0 Å². The number of rotatable bonds is 6. The summed E-state index contributed by atoms with van der Waals surface area (Å²) in [4.78, 5) is 12.4. The predicted octanol–water partition coefficient (Wildman–Crippen LogP) is 2.80. The monoisotopic (exact) mass is 386 g/mol. The van der Waals surface area contributed by atoms with Gasteiger partial charge in [-0.05, 0) is 50.1 Å². The second-order valence-corrected chi connectivity index (χ2v) is 8.30. The van der Waals surface area contributed by atoms with Gasteiger partial charge in [0, 0.05) is 24.0 Å². The quantitative estimate of drug-likeness (QED) is 0.606. The van der Waals surface area contributed by atoms with E-state index in [0.717, 1.165) is 16.5 Å². The summed E-state index contributed by atoms with van der Waals surface area (Å²) in [5, 5.41) is 10.4. The Balaban J connectivity index is 1.60. The molecular weight excluding hydrogens is 364 g/mol. The lowest BCUT2D eigenvalue weighted by molar-refractivity contribution is -0.116. The molecule has 0 aliphatic rings. The Hall–Kier alpha value is -2.71. The molecule has 0 spiro atoms. The van der Waals surface area contributed by atoms with Gasteiger partial charge in [0.15, 0.2) is 0 Å². The minimum absolute atomic E-state index is 0.0227. The lowest BCUT2D eigenvalue weighted by atomic mass is 10.1. The molecule has 3 aromatic rings. The normalized spacial score (nSPS) is 11.7. The van der Waals surface area contributed by atoms with Crippen LogP contribution < -0.4 is 10.0 Å². The standard InChI is InChI=1S/C19H22N4O3S/c1-12-8-13(2)19(14(3)9-12)27(25,26)21-7-6-18(24)22-16-4-5-17-15(10-16)11-20-23-17/h4-5,8-11,21H,6-7H2,1-3H3,(H,20,23)(H,22,24). The van der Waals surface area contributed by atoms with E-state index >= 15 is 0 Å². The number of benzene rings is 2. The second-order valence-electron chi connectivity index (χ2n) is 6.60. The van der Waals surface area contributed by atoms with Crippen molar-refractivity contribution in [1.82, 2.24) is 14.9 Å². The number of aromatic amines is 1. The number of hydrogen-bond donors (Lipinski definition) is 3. The summed E-state index contributed by atoms with van der Waals surface area (Å²) >= 11 is 0. The molecule has 0 radical (unpaired) electrons. The number of carbonyl (C=O) groups excluding carboxylic acids is 1. The van der Waals surface area contributed by atoms with Gasteiger partial charge in [0.25, 0.3) is 0 Å². The SMILES string of the molecule is Cc1cc(C)c(S(=O)(=O)NCCC(=O)Nc2ccc3[nH]ncc3c2)c(C)c1. The fourth-order valence-corrected chi connectivity index (χ4v) is 4.69. The molecule has 27 heavy (non-hydrogen) atoms. The Kier molecular flexibility index (Phi) is 5.29. The zero-order valence-electron chi connectivity index (χ0n) is 15.5. The van der Waals surface area contributed by atoms with Gasteiger partial charge in [-0.3, -0.25) is 9.89 Å². The first-order valence-electron chi connectivity index (χ1n) is 8.57. The van der Waals surface area contributed by atoms with Crippen molar-refractivity contribution >= 4 is 32.5 Å². The number of aromatic nitrogens is 2. The van der Waals surface area contributed by atoms with E-state index in [2.05, 4.69) is 20.2 Å². The van der Waals surface area contributed by atoms with Crippen LogP contribution in [0.4, 0.5) is 5.69 Å². The van der Waals surface area contributed by atoms with Gasteiger partial charge in [0.05, 0.1) is 16.6 Å². The van der Waals surface area contributed by atoms with Gasteiger partial charge in [0.1, 0.15) is 0 Å². The molecule has 0 atom stereocenters. The predicted molar refractivity (Wildman–Crippen MR) is 105 cm³/mol. The summed E-state index contributed by atoms with van der Waals surface area (Å²) in [7, 11) is -3.67. The zero-order valence-corrected chi connectivity index (χ0v) is 16.3. The van der Waals surface area contributed by atoms with Gasteiger partial charge < -0.3 is 5.32 Å². The summed E-state index contributed by atoms with van der Waals surface area (Å²) in [6.45, 7) is 5.49. The fourth-order valence-electron chi connectivity index (χ4n) is 3.21. The maximum absolute atomic E-state index is 12.6. The van der Waals surface area contributed by atoms with Gasteiger partial charge in [-0.25, -0.2) is 13.1 Å². The Morgan fingerprint density at radius 3 is 2.52 bits per heavy atom. The van der Waals surface area contributed by atoms with Crippen LogP contribution in [-0.4, -0.2) is 31.1 Å². The highest BCUT2D eigenvalue weighted by Gasteiger charge is 2.19. The Labute approximate surface area is 158 Å². The van der Waals surface area contributed by atoms with Crippen molar-refractivity contribution in [3.8, 4) is 0 Å². The average molecular weight is 386 g/mol. The molecule has 8 heteroatoms. The third-order valence-corrected chi connectivity index (χ3v) is 6.01. The van der Waals surface area contributed by atoms with Gasteiger partial charge >= 0.3 is 0 Å². The van der Waals surface area contributed by atoms with Crippen LogP contribution >= 0.6 is 0 Å². The molecule has 0 aliphatic heterocycles. The molecule has 142 valence electrons. The molecule has 3 rings (SSSR count). The number of nitrogens with zero attached hydrogens (tertiary/aromatic N) is 1. The number of hydrogen-bond acceptors (Lipinski definition) is 4. The van der Waals surface area contributed by atoms with E-state index in [9.17, 15) is 13.2 Å². The molecular formula is C19H22N4O3S. The van der Waals surface area contributed by atoms with E-state index in [0.29, 0.717) is 16.8 Å². The van der Waals surface area contributed by atoms with Crippen molar-refractivity contribution in [3.05, 3.63) is 53.2 Å². The van der Waals surface area contributed by atoms with Crippen molar-refractivity contribution in [1.29, 1.82) is 0 Å². The topological polar surface area (TPSA) is 104 Å². The third-order valence-electron chi connectivity index (χ3n) is 4.24. The maximum atomic E-state index is 12.6. The molecule has 0 fully saturated rings. The second kappa shape index (κ2) is 7.50. The summed E-state index contributed by atoms with van der Waals surface area (Å²) in [5.41, 5.74) is 3.92. The van der Waals surface area contributed by atoms with Crippen LogP contribution in [0.5, 0.6) is 0 Å². The molecule has 0 aliphatic carbocycles. The molecule has 0 unspecified atom stereocenters. The molecule has 1 amide bonds. The maximum Gasteiger partial charge on any atom is 0.241 e. The number of sulfonamides is 1. The molecule has 0 saturated heterocycles. The van der Waals surface area contributed by atoms with E-state index in [1.807, 2.05) is 25.1 Å². The van der Waals surface area contributed by atoms with E-state index in [4.69, 9.17) is 0 Å². The van der Waals surface area contributed by atoms with Gasteiger partial charge in [-0.1, -0.05) is 17.7 Å². The Bertz CT molecular complexity index is 1080. The highest BCUT2D eigenvalue weighted by molar-refractivity contribution is 7.89. The highest BCUT2D eigenvalue weighted by atomic mass is 32.2. The van der Waals surface area contributed by atoms with Crippen LogP contribution in [0, 0.1) is 20.8 Å². The Morgan fingerprint density at radius 2 is 1.81 bits per heavy atom. The van der Waals surface area contributed by atoms with Crippen molar-refractivity contribution in [2.75, 3.05) is 11.9 Å². The lowest BCUT2D eigenvalue weighted by Crippen LogP contribution is -2.29. The number of carbonyl (C=O) groups is 1. The van der Waals surface area contributed by atoms with Crippen LogP contribution in [0.1, 0.15) is 23.1 Å². The highest BCUT2D eigenvalue weighted by Crippen LogP contribution is 2.21. The van der Waals surface area contributed by atoms with Crippen LogP contribution in [0.15, 0.2) is 41.4 Å². The minimum Gasteiger partial charge on any atom is -0.326 e. The summed E-state index contributed by atoms with van der Waals surface area (Å²) in [6, 6.07) is 9.06. The van der Waals surface area contributed by atoms with E-state index in [1.54, 1.807) is 32.2 Å². The lowest BCUT2D eigenvalue weighted by Gasteiger charge is -2.13. The summed E-state index contributed by atoms with van der Waals surface area (Å²) in [6.07, 6.45) is 1.71. The molecule has 3 N–H and O–H groups in total. The number of aryl methyl sites for hydroxylation is 3. The first-order valence-corrected chi connectivity index (χ1v) is 10.0. The molecule has 1 heterocycles. The summed E-state index contributed by atoms with van der Waals surface area (Å²) in [5.74, 6) is -0.266. The third kappa shape index (κ3) is 4.35. The van der Waals surface area contributed by atoms with Crippen molar-refractivity contribution < 1.29 is 13.2 Å². The van der Waals surface area contributed by atoms with Gasteiger partial charge in [0.2, 0.25) is 15.9 Å². The number of H-pyrrole nitrogens is 1. The smallest absolute Gasteiger partial charge is 0.241 e. The Morgan fingerprint density at radius 1 is 1.11 bits per heavy atom. The van der Waals surface area contributed by atoms with Gasteiger partial charge in [-0.15, -0.1) is 0 Å². The summed E-state index contributed by atoms with van der Waals surface area (Å²) < 4.78 is 27.7. The molecule has 2 aromatic carbocycles. The average Bonchev–Trinajstić information content (AvgIpc) is 3.00. The number of nitrogens with one attached hydrogen (secondary N) is 3. The van der Waals surface area contributed by atoms with Crippen LogP contribution in [0.2, 0.25) is 0 Å². The van der Waals surface area contributed by atoms with Crippen LogP contribution in [0.25, 0.3) is 10.9 Å².